The van der Waals surface area contributed by atoms with Gasteiger partial charge < -0.3 is 12.4 Å². The number of carbonyl (C=O) groups is 1. The Morgan fingerprint density at radius 1 is 1.00 bits per heavy atom. The Bertz CT molecular complexity index is 587. The first-order valence-corrected chi connectivity index (χ1v) is 6.99. The number of hydrogen-bond donors (Lipinski definition) is 0. The van der Waals surface area contributed by atoms with Gasteiger partial charge in [0.15, 0.2) is 11.4 Å². The molecule has 116 valence electrons. The molecule has 0 aliphatic heterocycles. The van der Waals surface area contributed by atoms with E-state index < -0.39 is 5.97 Å². The first kappa shape index (κ1) is 18.0. The maximum Gasteiger partial charge on any atom is 0.393 e. The number of quaternary nitrogens is 1. The highest BCUT2D eigenvalue weighted by Gasteiger charge is 2.37. The maximum absolute atomic E-state index is 12.1. The quantitative estimate of drug-likeness (QED) is 0.473. The molecule has 3 nitrogen and oxygen atoms in total. The average Bonchev–Trinajstić information content (AvgIpc) is 2.54. The summed E-state index contributed by atoms with van der Waals surface area (Å²) in [6, 6.07) is 19.5. The van der Waals surface area contributed by atoms with Crippen LogP contribution in [-0.4, -0.2) is 12.5 Å². The number of rotatable bonds is 5. The summed E-state index contributed by atoms with van der Waals surface area (Å²) < 4.78 is 0.0212. The third kappa shape index (κ3) is 3.56. The average molecular weight is 318 g/mol. The van der Waals surface area contributed by atoms with E-state index in [0.29, 0.717) is 12.1 Å². The van der Waals surface area contributed by atoms with Gasteiger partial charge in [-0.3, -0.25) is 4.84 Å². The van der Waals surface area contributed by atoms with Crippen LogP contribution in [0.2, 0.25) is 0 Å². The Morgan fingerprint density at radius 3 is 1.73 bits per heavy atom. The van der Waals surface area contributed by atoms with Crippen molar-refractivity contribution in [3.05, 3.63) is 72.8 Å². The monoisotopic (exact) mass is 317 g/mol. The number of hydroxylamine groups is 1. The fourth-order valence-electron chi connectivity index (χ4n) is 2.24. The summed E-state index contributed by atoms with van der Waals surface area (Å²) in [5, 5.41) is 0. The van der Waals surface area contributed by atoms with Gasteiger partial charge in [0.25, 0.3) is 0 Å². The Kier molecular flexibility index (Phi) is 6.35. The standard InChI is InChI=1S/C18H20NO2.ClH/c1-4-19(21-18(20)15(2)3,16-11-7-5-8-12-16)17-13-9-6-10-14-17;/h5-14H,2,4H2,1,3H3;1H/q+1;/p-1. The summed E-state index contributed by atoms with van der Waals surface area (Å²) >= 11 is 0. The van der Waals surface area contributed by atoms with Crippen molar-refractivity contribution >= 4 is 17.3 Å². The third-order valence-corrected chi connectivity index (χ3v) is 3.38. The third-order valence-electron chi connectivity index (χ3n) is 3.38. The first-order valence-electron chi connectivity index (χ1n) is 6.99. The molecular weight excluding hydrogens is 298 g/mol. The molecule has 0 N–H and O–H groups in total. The zero-order valence-corrected chi connectivity index (χ0v) is 13.6. The fourth-order valence-corrected chi connectivity index (χ4v) is 2.24. The highest BCUT2D eigenvalue weighted by atomic mass is 35.5. The normalized spacial score (nSPS) is 10.5. The predicted octanol–water partition coefficient (Wildman–Crippen LogP) is 1.38. The molecule has 0 amide bonds. The van der Waals surface area contributed by atoms with Crippen molar-refractivity contribution in [3.8, 4) is 0 Å². The van der Waals surface area contributed by atoms with Crippen LogP contribution in [0.25, 0.3) is 0 Å². The van der Waals surface area contributed by atoms with Gasteiger partial charge in [-0.2, -0.15) is 0 Å². The summed E-state index contributed by atoms with van der Waals surface area (Å²) in [6.07, 6.45) is 0. The number of nitrogens with zero attached hydrogens (tertiary/aromatic N) is 1. The van der Waals surface area contributed by atoms with Crippen LogP contribution >= 0.6 is 0 Å². The summed E-state index contributed by atoms with van der Waals surface area (Å²) in [7, 11) is 0. The predicted molar refractivity (Wildman–Crippen MR) is 85.8 cm³/mol. The molecule has 0 unspecified atom stereocenters. The van der Waals surface area contributed by atoms with E-state index in [2.05, 4.69) is 6.58 Å². The molecule has 0 aliphatic rings. The van der Waals surface area contributed by atoms with Crippen molar-refractivity contribution in [3.63, 3.8) is 0 Å². The Hall–Kier alpha value is -2.10. The molecule has 0 spiro atoms. The maximum atomic E-state index is 12.1. The van der Waals surface area contributed by atoms with Crippen LogP contribution in [-0.2, 0) is 9.63 Å². The second kappa shape index (κ2) is 7.78. The molecule has 0 fully saturated rings. The zero-order valence-electron chi connectivity index (χ0n) is 12.8. The molecule has 0 heterocycles. The largest absolute Gasteiger partial charge is 1.00 e. The summed E-state index contributed by atoms with van der Waals surface area (Å²) in [5.41, 5.74) is 2.19. The van der Waals surface area contributed by atoms with Gasteiger partial charge in [-0.15, -0.1) is 0 Å². The van der Waals surface area contributed by atoms with E-state index in [1.165, 1.54) is 0 Å². The van der Waals surface area contributed by atoms with Crippen LogP contribution < -0.4 is 17.1 Å². The van der Waals surface area contributed by atoms with E-state index in [9.17, 15) is 4.79 Å². The highest BCUT2D eigenvalue weighted by molar-refractivity contribution is 5.87. The molecule has 0 aliphatic carbocycles. The summed E-state index contributed by atoms with van der Waals surface area (Å²) in [5.74, 6) is -0.399. The minimum absolute atomic E-state index is 0. The van der Waals surface area contributed by atoms with Crippen molar-refractivity contribution in [2.45, 2.75) is 13.8 Å². The smallest absolute Gasteiger partial charge is 0.393 e. The summed E-state index contributed by atoms with van der Waals surface area (Å²) in [4.78, 5) is 17.9. The minimum atomic E-state index is -0.399. The van der Waals surface area contributed by atoms with Gasteiger partial charge in [0, 0.05) is 29.8 Å². The van der Waals surface area contributed by atoms with E-state index in [0.717, 1.165) is 11.4 Å². The molecule has 0 radical (unpaired) electrons. The van der Waals surface area contributed by atoms with Crippen LogP contribution in [0.5, 0.6) is 0 Å². The van der Waals surface area contributed by atoms with Crippen molar-refractivity contribution < 1.29 is 22.0 Å². The van der Waals surface area contributed by atoms with Crippen LogP contribution in [0, 0.1) is 0 Å². The molecule has 2 aromatic carbocycles. The first-order chi connectivity index (χ1) is 10.1. The van der Waals surface area contributed by atoms with Gasteiger partial charge in [-0.1, -0.05) is 47.6 Å². The van der Waals surface area contributed by atoms with E-state index in [-0.39, 0.29) is 17.1 Å². The zero-order chi connectivity index (χ0) is 15.3. The number of hydrogen-bond acceptors (Lipinski definition) is 2. The Labute approximate surface area is 137 Å². The number of benzene rings is 2. The van der Waals surface area contributed by atoms with Crippen LogP contribution in [0.4, 0.5) is 11.4 Å². The topological polar surface area (TPSA) is 26.3 Å². The van der Waals surface area contributed by atoms with Crippen molar-refractivity contribution in [1.29, 1.82) is 0 Å². The van der Waals surface area contributed by atoms with Crippen molar-refractivity contribution in [2.75, 3.05) is 6.54 Å². The lowest BCUT2D eigenvalue weighted by molar-refractivity contribution is -0.167. The number of carbonyl (C=O) groups excluding carboxylic acids is 1. The number of para-hydroxylation sites is 2. The number of halogens is 1. The van der Waals surface area contributed by atoms with Crippen LogP contribution in [0.1, 0.15) is 13.8 Å². The highest BCUT2D eigenvalue weighted by Crippen LogP contribution is 2.35. The van der Waals surface area contributed by atoms with E-state index in [4.69, 9.17) is 4.84 Å². The van der Waals surface area contributed by atoms with Gasteiger partial charge in [0.05, 0.1) is 0 Å². The second-order valence-electron chi connectivity index (χ2n) is 4.89. The van der Waals surface area contributed by atoms with Crippen molar-refractivity contribution in [2.24, 2.45) is 0 Å². The molecule has 4 heteroatoms. The van der Waals surface area contributed by atoms with Crippen molar-refractivity contribution in [1.82, 2.24) is 4.65 Å². The van der Waals surface area contributed by atoms with Gasteiger partial charge in [0.1, 0.15) is 6.54 Å². The molecule has 0 saturated heterocycles. The lowest BCUT2D eigenvalue weighted by atomic mass is 10.2. The van der Waals surface area contributed by atoms with Crippen LogP contribution in [0.15, 0.2) is 72.8 Å². The Morgan fingerprint density at radius 2 is 1.41 bits per heavy atom. The lowest BCUT2D eigenvalue weighted by Crippen LogP contribution is -3.00. The van der Waals surface area contributed by atoms with Gasteiger partial charge >= 0.3 is 5.97 Å². The molecule has 0 saturated carbocycles. The van der Waals surface area contributed by atoms with Gasteiger partial charge in [-0.05, 0) is 13.8 Å². The van der Waals surface area contributed by atoms with Gasteiger partial charge in [0.2, 0.25) is 0 Å². The minimum Gasteiger partial charge on any atom is -1.00 e. The SMILES string of the molecule is C=C(C)C(=O)O[N+](CC)(c1ccccc1)c1ccccc1.[Cl-]. The lowest BCUT2D eigenvalue weighted by Gasteiger charge is -2.32. The Balaban J connectivity index is 0.00000242. The van der Waals surface area contributed by atoms with Gasteiger partial charge in [-0.25, -0.2) is 4.79 Å². The molecule has 0 aromatic heterocycles. The molecular formula is C18H20ClNO2. The molecule has 2 aromatic rings. The van der Waals surface area contributed by atoms with E-state index in [1.807, 2.05) is 67.6 Å². The molecule has 0 bridgehead atoms. The molecule has 0 atom stereocenters. The van der Waals surface area contributed by atoms with Crippen LogP contribution in [0.3, 0.4) is 0 Å². The van der Waals surface area contributed by atoms with E-state index >= 15 is 0 Å². The van der Waals surface area contributed by atoms with E-state index in [1.54, 1.807) is 6.92 Å². The second-order valence-corrected chi connectivity index (χ2v) is 4.89. The molecule has 22 heavy (non-hydrogen) atoms. The fraction of sp³-hybridized carbons (Fsp3) is 0.167. The summed E-state index contributed by atoms with van der Waals surface area (Å²) in [6.45, 7) is 7.91. The molecule has 2 rings (SSSR count).